The lowest BCUT2D eigenvalue weighted by atomic mass is 9.84. The zero-order valence-corrected chi connectivity index (χ0v) is 23.6. The van der Waals surface area contributed by atoms with E-state index in [-0.39, 0.29) is 9.45 Å². The molecule has 34 heavy (non-hydrogen) atoms. The molecule has 2 aromatic rings. The molecule has 0 aromatic heterocycles. The molecule has 1 aliphatic heterocycles. The number of nitrogens with two attached hydrogens (primary N) is 1. The van der Waals surface area contributed by atoms with Crippen LogP contribution in [-0.4, -0.2) is 27.6 Å². The van der Waals surface area contributed by atoms with Crippen LogP contribution in [0.2, 0.25) is 0 Å². The van der Waals surface area contributed by atoms with Crippen molar-refractivity contribution in [2.75, 3.05) is 18.1 Å². The van der Waals surface area contributed by atoms with Gasteiger partial charge in [-0.1, -0.05) is 80.1 Å². The highest BCUT2D eigenvalue weighted by Gasteiger charge is 2.39. The molecule has 184 valence electrons. The van der Waals surface area contributed by atoms with Crippen molar-refractivity contribution in [3.8, 4) is 0 Å². The van der Waals surface area contributed by atoms with Crippen LogP contribution in [0.1, 0.15) is 61.2 Å². The van der Waals surface area contributed by atoms with Gasteiger partial charge in [-0.15, -0.1) is 35.3 Å². The minimum Gasteiger partial charge on any atom is -0.307 e. The van der Waals surface area contributed by atoms with E-state index in [2.05, 4.69) is 79.8 Å². The number of hydrogen-bond acceptors (Lipinski definition) is 6. The monoisotopic (exact) mass is 530 g/mol. The fraction of sp³-hybridized carbons (Fsp3) is 0.500. The third-order valence-electron chi connectivity index (χ3n) is 6.49. The van der Waals surface area contributed by atoms with Crippen LogP contribution in [0.15, 0.2) is 71.8 Å². The Morgan fingerprint density at radius 1 is 1.12 bits per heavy atom. The Morgan fingerprint density at radius 3 is 2.41 bits per heavy atom. The summed E-state index contributed by atoms with van der Waals surface area (Å²) in [5, 5.41) is 4.93. The fourth-order valence-electron chi connectivity index (χ4n) is 4.48. The summed E-state index contributed by atoms with van der Waals surface area (Å²) in [6.07, 6.45) is 5.01. The summed E-state index contributed by atoms with van der Waals surface area (Å²) < 4.78 is -0.299. The number of thiol groups is 1. The van der Waals surface area contributed by atoms with Gasteiger partial charge >= 0.3 is 0 Å². The van der Waals surface area contributed by atoms with Gasteiger partial charge in [0.1, 0.15) is 4.20 Å². The molecule has 2 aliphatic rings. The van der Waals surface area contributed by atoms with Crippen LogP contribution in [0.3, 0.4) is 0 Å². The Kier molecular flexibility index (Phi) is 9.88. The van der Waals surface area contributed by atoms with Crippen LogP contribution in [0.4, 0.5) is 0 Å². The highest BCUT2D eigenvalue weighted by atomic mass is 32.2. The van der Waals surface area contributed by atoms with Crippen LogP contribution >= 0.6 is 47.9 Å². The standard InChI is InChI=1S/C28H38N2S4/c1-20(2)16-24(21-14-9-15-21)27(32-17-25(31)22-10-5-3-6-11-22)30-19-28(29)33-18-26(34-28)23-12-7-4-8-13-23/h3-8,10-13,20,25-27,30-31H,9,14-19,29H2,1-2H3/t25?,26?,27?,28-/m1/s1. The van der Waals surface area contributed by atoms with Crippen LogP contribution in [0, 0.1) is 5.92 Å². The Hall–Kier alpha value is -0.500. The molecule has 0 radical (unpaired) electrons. The molecular formula is C28H38N2S4. The van der Waals surface area contributed by atoms with Crippen LogP contribution in [0.5, 0.6) is 0 Å². The van der Waals surface area contributed by atoms with E-state index in [9.17, 15) is 0 Å². The number of allylic oxidation sites excluding steroid dienone is 1. The van der Waals surface area contributed by atoms with Gasteiger partial charge in [0.25, 0.3) is 0 Å². The van der Waals surface area contributed by atoms with E-state index in [4.69, 9.17) is 18.4 Å². The average molecular weight is 531 g/mol. The normalized spacial score (nSPS) is 24.1. The number of benzene rings is 2. The quantitative estimate of drug-likeness (QED) is 0.158. The third-order valence-corrected chi connectivity index (χ3v) is 11.8. The maximum atomic E-state index is 6.93. The van der Waals surface area contributed by atoms with Gasteiger partial charge in [0.05, 0.1) is 5.37 Å². The molecule has 0 amide bonds. The molecule has 1 heterocycles. The number of hydrogen-bond donors (Lipinski definition) is 3. The third kappa shape index (κ3) is 7.27. The minimum atomic E-state index is -0.299. The first-order chi connectivity index (χ1) is 16.4. The van der Waals surface area contributed by atoms with E-state index in [0.29, 0.717) is 16.5 Å². The van der Waals surface area contributed by atoms with E-state index in [0.717, 1.165) is 24.5 Å². The molecule has 1 aliphatic carbocycles. The highest BCUT2D eigenvalue weighted by Crippen LogP contribution is 2.51. The van der Waals surface area contributed by atoms with Gasteiger partial charge in [0.15, 0.2) is 0 Å². The average Bonchev–Trinajstić information content (AvgIpc) is 3.20. The summed E-state index contributed by atoms with van der Waals surface area (Å²) in [7, 11) is 0. The lowest BCUT2D eigenvalue weighted by molar-refractivity contribution is 0.553. The van der Waals surface area contributed by atoms with E-state index < -0.39 is 0 Å². The second kappa shape index (κ2) is 12.6. The van der Waals surface area contributed by atoms with Crippen molar-refractivity contribution in [1.82, 2.24) is 5.32 Å². The van der Waals surface area contributed by atoms with Crippen molar-refractivity contribution in [3.63, 3.8) is 0 Å². The van der Waals surface area contributed by atoms with Gasteiger partial charge in [-0.3, -0.25) is 5.32 Å². The zero-order chi connectivity index (χ0) is 24.0. The fourth-order valence-corrected chi connectivity index (χ4v) is 9.19. The summed E-state index contributed by atoms with van der Waals surface area (Å²) >= 11 is 10.8. The molecule has 4 rings (SSSR count). The SMILES string of the molecule is CC(C)CC(=C1CCC1)C(NC[C@@]1(N)SCC(c2ccccc2)S1)SCC(S)c1ccccc1. The summed E-state index contributed by atoms with van der Waals surface area (Å²) in [6, 6.07) is 21.5. The largest absolute Gasteiger partial charge is 0.307 e. The lowest BCUT2D eigenvalue weighted by Gasteiger charge is -2.33. The molecule has 1 saturated carbocycles. The van der Waals surface area contributed by atoms with Crippen molar-refractivity contribution in [2.24, 2.45) is 11.7 Å². The first-order valence-electron chi connectivity index (χ1n) is 12.4. The van der Waals surface area contributed by atoms with Crippen molar-refractivity contribution in [2.45, 2.75) is 59.6 Å². The molecule has 2 aromatic carbocycles. The van der Waals surface area contributed by atoms with Gasteiger partial charge in [0.2, 0.25) is 0 Å². The van der Waals surface area contributed by atoms with Gasteiger partial charge in [-0.25, -0.2) is 0 Å². The minimum absolute atomic E-state index is 0.228. The first-order valence-corrected chi connectivity index (χ1v) is 15.8. The van der Waals surface area contributed by atoms with E-state index in [1.54, 1.807) is 11.1 Å². The molecule has 4 atom stereocenters. The Bertz CT molecular complexity index is 928. The number of rotatable bonds is 11. The first kappa shape index (κ1) is 26.6. The maximum absolute atomic E-state index is 6.93. The second-order valence-electron chi connectivity index (χ2n) is 9.74. The molecular weight excluding hydrogens is 493 g/mol. The van der Waals surface area contributed by atoms with Crippen molar-refractivity contribution in [3.05, 3.63) is 82.9 Å². The lowest BCUT2D eigenvalue weighted by Crippen LogP contribution is -2.45. The summed E-state index contributed by atoms with van der Waals surface area (Å²) in [5.74, 6) is 2.69. The molecule has 2 nitrogen and oxygen atoms in total. The number of thioether (sulfide) groups is 3. The van der Waals surface area contributed by atoms with Crippen LogP contribution in [0.25, 0.3) is 0 Å². The predicted octanol–water partition coefficient (Wildman–Crippen LogP) is 7.67. The van der Waals surface area contributed by atoms with Gasteiger partial charge < -0.3 is 5.73 Å². The van der Waals surface area contributed by atoms with Crippen molar-refractivity contribution < 1.29 is 0 Å². The van der Waals surface area contributed by atoms with Crippen LogP contribution in [-0.2, 0) is 0 Å². The summed E-state index contributed by atoms with van der Waals surface area (Å²) in [4.78, 5) is 0. The van der Waals surface area contributed by atoms with E-state index in [1.807, 2.05) is 35.3 Å². The Labute approximate surface area is 224 Å². The number of nitrogens with one attached hydrogen (secondary N) is 1. The predicted molar refractivity (Wildman–Crippen MR) is 159 cm³/mol. The highest BCUT2D eigenvalue weighted by molar-refractivity contribution is 8.21. The topological polar surface area (TPSA) is 38.0 Å². The molecule has 3 unspecified atom stereocenters. The van der Waals surface area contributed by atoms with E-state index >= 15 is 0 Å². The van der Waals surface area contributed by atoms with E-state index in [1.165, 1.54) is 30.4 Å². The van der Waals surface area contributed by atoms with Crippen molar-refractivity contribution >= 4 is 47.9 Å². The Balaban J connectivity index is 1.44. The van der Waals surface area contributed by atoms with Crippen molar-refractivity contribution in [1.29, 1.82) is 0 Å². The summed E-state index contributed by atoms with van der Waals surface area (Å²) in [6.45, 7) is 5.48. The maximum Gasteiger partial charge on any atom is 0.122 e. The molecule has 1 saturated heterocycles. The smallest absolute Gasteiger partial charge is 0.122 e. The molecule has 6 heteroatoms. The zero-order valence-electron chi connectivity index (χ0n) is 20.3. The molecule has 0 spiro atoms. The van der Waals surface area contributed by atoms with Crippen LogP contribution < -0.4 is 11.1 Å². The molecule has 0 bridgehead atoms. The van der Waals surface area contributed by atoms with Gasteiger partial charge in [0, 0.05) is 28.6 Å². The van der Waals surface area contributed by atoms with Gasteiger partial charge in [-0.05, 0) is 48.3 Å². The summed E-state index contributed by atoms with van der Waals surface area (Å²) in [5.41, 5.74) is 12.9. The second-order valence-corrected chi connectivity index (χ2v) is 14.6. The Morgan fingerprint density at radius 2 is 1.79 bits per heavy atom. The molecule has 2 fully saturated rings. The molecule has 3 N–H and O–H groups in total. The van der Waals surface area contributed by atoms with Gasteiger partial charge in [-0.2, -0.15) is 12.6 Å².